The Morgan fingerprint density at radius 2 is 1.83 bits per heavy atom. The minimum atomic E-state index is -0.588. The van der Waals surface area contributed by atoms with Crippen molar-refractivity contribution in [2.45, 2.75) is 12.8 Å². The maximum atomic E-state index is 12.5. The molecule has 2 amide bonds. The standard InChI is InChI=1S/C19H19ClN2O2/c20-15-8-6-14(7-9-15)10-12-21-18(23)17-11-13-22(19(17)24)16-4-2-1-3-5-16/h1-9,17H,10-13H2,(H,21,23)/t17-/m1/s1. The van der Waals surface area contributed by atoms with Crippen molar-refractivity contribution in [2.75, 3.05) is 18.0 Å². The molecule has 1 aliphatic rings. The average molecular weight is 343 g/mol. The van der Waals surface area contributed by atoms with Gasteiger partial charge in [-0.25, -0.2) is 0 Å². The maximum absolute atomic E-state index is 12.5. The van der Waals surface area contributed by atoms with Gasteiger partial charge in [0.25, 0.3) is 0 Å². The number of carbonyl (C=O) groups excluding carboxylic acids is 2. The van der Waals surface area contributed by atoms with E-state index in [0.717, 1.165) is 11.3 Å². The summed E-state index contributed by atoms with van der Waals surface area (Å²) in [5.41, 5.74) is 1.95. The summed E-state index contributed by atoms with van der Waals surface area (Å²) in [6.07, 6.45) is 1.27. The lowest BCUT2D eigenvalue weighted by Gasteiger charge is -2.16. The highest BCUT2D eigenvalue weighted by atomic mass is 35.5. The van der Waals surface area contributed by atoms with E-state index in [9.17, 15) is 9.59 Å². The number of nitrogens with zero attached hydrogens (tertiary/aromatic N) is 1. The number of nitrogens with one attached hydrogen (secondary N) is 1. The second kappa shape index (κ2) is 7.49. The summed E-state index contributed by atoms with van der Waals surface area (Å²) < 4.78 is 0. The fourth-order valence-corrected chi connectivity index (χ4v) is 3.02. The van der Waals surface area contributed by atoms with Gasteiger partial charge in [-0.3, -0.25) is 9.59 Å². The van der Waals surface area contributed by atoms with Gasteiger partial charge >= 0.3 is 0 Å². The van der Waals surface area contributed by atoms with Gasteiger partial charge in [0.15, 0.2) is 0 Å². The highest BCUT2D eigenvalue weighted by molar-refractivity contribution is 6.30. The summed E-state index contributed by atoms with van der Waals surface area (Å²) in [5.74, 6) is -0.895. The first-order chi connectivity index (χ1) is 11.6. The number of halogens is 1. The van der Waals surface area contributed by atoms with Gasteiger partial charge in [-0.15, -0.1) is 0 Å². The Labute approximate surface area is 146 Å². The number of para-hydroxylation sites is 1. The molecule has 0 spiro atoms. The molecule has 0 aromatic heterocycles. The normalized spacial score (nSPS) is 17.1. The predicted molar refractivity (Wildman–Crippen MR) is 95.1 cm³/mol. The molecule has 3 rings (SSSR count). The summed E-state index contributed by atoms with van der Waals surface area (Å²) in [7, 11) is 0. The third kappa shape index (κ3) is 3.77. The molecule has 0 unspecified atom stereocenters. The van der Waals surface area contributed by atoms with E-state index in [2.05, 4.69) is 5.32 Å². The highest BCUT2D eigenvalue weighted by Crippen LogP contribution is 2.25. The van der Waals surface area contributed by atoms with Gasteiger partial charge in [-0.1, -0.05) is 41.9 Å². The second-order valence-electron chi connectivity index (χ2n) is 5.83. The number of rotatable bonds is 5. The van der Waals surface area contributed by atoms with E-state index in [-0.39, 0.29) is 11.8 Å². The predicted octanol–water partition coefficient (Wildman–Crippen LogP) is 3.05. The van der Waals surface area contributed by atoms with Crippen molar-refractivity contribution < 1.29 is 9.59 Å². The number of amides is 2. The zero-order chi connectivity index (χ0) is 16.9. The lowest BCUT2D eigenvalue weighted by molar-refractivity contribution is -0.132. The van der Waals surface area contributed by atoms with Gasteiger partial charge in [0, 0.05) is 23.8 Å². The van der Waals surface area contributed by atoms with Crippen molar-refractivity contribution in [1.82, 2.24) is 5.32 Å². The van der Waals surface area contributed by atoms with Crippen LogP contribution < -0.4 is 10.2 Å². The minimum Gasteiger partial charge on any atom is -0.355 e. The molecule has 1 N–H and O–H groups in total. The van der Waals surface area contributed by atoms with Crippen molar-refractivity contribution in [3.63, 3.8) is 0 Å². The Balaban J connectivity index is 1.52. The summed E-state index contributed by atoms with van der Waals surface area (Å²) in [5, 5.41) is 3.57. The Hall–Kier alpha value is -2.33. The van der Waals surface area contributed by atoms with Crippen LogP contribution in [-0.2, 0) is 16.0 Å². The van der Waals surface area contributed by atoms with Crippen LogP contribution in [0.15, 0.2) is 54.6 Å². The third-order valence-corrected chi connectivity index (χ3v) is 4.47. The lowest BCUT2D eigenvalue weighted by Crippen LogP contribution is -2.37. The molecular formula is C19H19ClN2O2. The van der Waals surface area contributed by atoms with Crippen LogP contribution in [0.1, 0.15) is 12.0 Å². The van der Waals surface area contributed by atoms with Crippen molar-refractivity contribution in [3.05, 3.63) is 65.2 Å². The summed E-state index contributed by atoms with van der Waals surface area (Å²) >= 11 is 5.85. The van der Waals surface area contributed by atoms with Crippen LogP contribution in [0, 0.1) is 5.92 Å². The molecule has 0 radical (unpaired) electrons. The molecule has 1 atom stereocenters. The molecular weight excluding hydrogens is 324 g/mol. The van der Waals surface area contributed by atoms with Crippen molar-refractivity contribution >= 4 is 29.1 Å². The molecule has 1 saturated heterocycles. The van der Waals surface area contributed by atoms with Crippen LogP contribution in [-0.4, -0.2) is 24.9 Å². The summed E-state index contributed by atoms with van der Waals surface area (Å²) in [6, 6.07) is 17.0. The van der Waals surface area contributed by atoms with E-state index in [1.807, 2.05) is 54.6 Å². The smallest absolute Gasteiger partial charge is 0.239 e. The summed E-state index contributed by atoms with van der Waals surface area (Å²) in [6.45, 7) is 1.09. The fourth-order valence-electron chi connectivity index (χ4n) is 2.89. The number of hydrogen-bond acceptors (Lipinski definition) is 2. The molecule has 4 nitrogen and oxygen atoms in total. The largest absolute Gasteiger partial charge is 0.355 e. The van der Waals surface area contributed by atoms with Crippen LogP contribution in [0.25, 0.3) is 0 Å². The molecule has 1 fully saturated rings. The second-order valence-corrected chi connectivity index (χ2v) is 6.27. The quantitative estimate of drug-likeness (QED) is 0.849. The van der Waals surface area contributed by atoms with Crippen LogP contribution in [0.4, 0.5) is 5.69 Å². The van der Waals surface area contributed by atoms with Gasteiger partial charge < -0.3 is 10.2 Å². The van der Waals surface area contributed by atoms with Crippen molar-refractivity contribution in [3.8, 4) is 0 Å². The first-order valence-electron chi connectivity index (χ1n) is 8.04. The van der Waals surface area contributed by atoms with Crippen molar-refractivity contribution in [1.29, 1.82) is 0 Å². The monoisotopic (exact) mass is 342 g/mol. The molecule has 5 heteroatoms. The fraction of sp³-hybridized carbons (Fsp3) is 0.263. The summed E-state index contributed by atoms with van der Waals surface area (Å²) in [4.78, 5) is 26.4. The van der Waals surface area contributed by atoms with Crippen molar-refractivity contribution in [2.24, 2.45) is 5.92 Å². The molecule has 0 bridgehead atoms. The Bertz CT molecular complexity index is 716. The number of carbonyl (C=O) groups is 2. The average Bonchev–Trinajstić information content (AvgIpc) is 2.99. The maximum Gasteiger partial charge on any atom is 0.239 e. The topological polar surface area (TPSA) is 49.4 Å². The molecule has 0 saturated carbocycles. The molecule has 0 aliphatic carbocycles. The Kier molecular flexibility index (Phi) is 5.16. The van der Waals surface area contributed by atoms with Gasteiger partial charge in [0.2, 0.25) is 11.8 Å². The Morgan fingerprint density at radius 3 is 2.54 bits per heavy atom. The Morgan fingerprint density at radius 1 is 1.12 bits per heavy atom. The van der Waals surface area contributed by atoms with Gasteiger partial charge in [-0.05, 0) is 42.7 Å². The van der Waals surface area contributed by atoms with Gasteiger partial charge in [0.1, 0.15) is 5.92 Å². The van der Waals surface area contributed by atoms with Crippen LogP contribution in [0.2, 0.25) is 5.02 Å². The van der Waals surface area contributed by atoms with E-state index in [1.165, 1.54) is 0 Å². The third-order valence-electron chi connectivity index (χ3n) is 4.22. The van der Waals surface area contributed by atoms with Crippen LogP contribution >= 0.6 is 11.6 Å². The van der Waals surface area contributed by atoms with E-state index in [4.69, 9.17) is 11.6 Å². The highest BCUT2D eigenvalue weighted by Gasteiger charge is 2.37. The number of benzene rings is 2. The SMILES string of the molecule is O=C(NCCc1ccc(Cl)cc1)[C@H]1CCN(c2ccccc2)C1=O. The molecule has 2 aromatic rings. The number of hydrogen-bond donors (Lipinski definition) is 1. The first-order valence-corrected chi connectivity index (χ1v) is 8.41. The van der Waals surface area contributed by atoms with Gasteiger partial charge in [-0.2, -0.15) is 0 Å². The minimum absolute atomic E-state index is 0.120. The molecule has 24 heavy (non-hydrogen) atoms. The lowest BCUT2D eigenvalue weighted by atomic mass is 10.1. The van der Waals surface area contributed by atoms with Gasteiger partial charge in [0.05, 0.1) is 0 Å². The molecule has 124 valence electrons. The van der Waals surface area contributed by atoms with E-state index in [0.29, 0.717) is 31.0 Å². The molecule has 1 heterocycles. The molecule has 2 aromatic carbocycles. The van der Waals surface area contributed by atoms with Crippen LogP contribution in [0.5, 0.6) is 0 Å². The first kappa shape index (κ1) is 16.5. The number of anilines is 1. The zero-order valence-corrected chi connectivity index (χ0v) is 14.0. The van der Waals surface area contributed by atoms with E-state index in [1.54, 1.807) is 4.90 Å². The zero-order valence-electron chi connectivity index (χ0n) is 13.2. The molecule has 1 aliphatic heterocycles. The van der Waals surface area contributed by atoms with Crippen LogP contribution in [0.3, 0.4) is 0 Å². The van der Waals surface area contributed by atoms with E-state index < -0.39 is 5.92 Å². The van der Waals surface area contributed by atoms with E-state index >= 15 is 0 Å².